The second kappa shape index (κ2) is 7.54. The molecule has 4 nitrogen and oxygen atoms in total. The number of aryl methyl sites for hydroxylation is 1. The van der Waals surface area contributed by atoms with Gasteiger partial charge in [0.1, 0.15) is 0 Å². The van der Waals surface area contributed by atoms with Gasteiger partial charge in [-0.25, -0.2) is 0 Å². The molecular formula is C21H23N3OS. The molecule has 26 heavy (non-hydrogen) atoms. The van der Waals surface area contributed by atoms with E-state index in [0.29, 0.717) is 0 Å². The Bertz CT molecular complexity index is 813. The molecule has 2 aliphatic rings. The number of rotatable bonds is 3. The number of carbonyl (C=O) groups excluding carboxylic acids is 1. The number of aliphatic imine (C=N–C) groups is 1. The molecule has 0 N–H and O–H groups in total. The van der Waals surface area contributed by atoms with Crippen LogP contribution in [0.5, 0.6) is 0 Å². The molecule has 2 aromatic rings. The Labute approximate surface area is 158 Å². The molecule has 0 bridgehead atoms. The lowest BCUT2D eigenvalue weighted by Crippen LogP contribution is -2.48. The summed E-state index contributed by atoms with van der Waals surface area (Å²) in [5.74, 6) is 0.00923. The molecule has 0 aliphatic carbocycles. The first kappa shape index (κ1) is 17.2. The quantitative estimate of drug-likeness (QED) is 0.836. The van der Waals surface area contributed by atoms with Crippen molar-refractivity contribution in [3.8, 4) is 0 Å². The highest BCUT2D eigenvalue weighted by atomic mass is 32.2. The first-order valence-electron chi connectivity index (χ1n) is 9.09. The highest BCUT2D eigenvalue weighted by Gasteiger charge is 2.32. The minimum absolute atomic E-state index is 0.00923. The third kappa shape index (κ3) is 3.78. The second-order valence-corrected chi connectivity index (χ2v) is 8.01. The minimum Gasteiger partial charge on any atom is -0.368 e. The number of amidine groups is 1. The van der Waals surface area contributed by atoms with E-state index in [1.807, 2.05) is 18.2 Å². The smallest absolute Gasteiger partial charge is 0.262 e. The molecule has 1 atom stereocenters. The zero-order valence-corrected chi connectivity index (χ0v) is 15.8. The molecule has 134 valence electrons. The molecule has 0 radical (unpaired) electrons. The van der Waals surface area contributed by atoms with Crippen LogP contribution < -0.4 is 4.90 Å². The maximum absolute atomic E-state index is 12.3. The summed E-state index contributed by atoms with van der Waals surface area (Å²) in [6.45, 7) is 5.86. The monoisotopic (exact) mass is 365 g/mol. The van der Waals surface area contributed by atoms with E-state index in [1.165, 1.54) is 16.8 Å². The van der Waals surface area contributed by atoms with E-state index >= 15 is 0 Å². The maximum atomic E-state index is 12.3. The van der Waals surface area contributed by atoms with Crippen LogP contribution in [-0.4, -0.2) is 47.4 Å². The van der Waals surface area contributed by atoms with Gasteiger partial charge in [0, 0.05) is 31.9 Å². The maximum Gasteiger partial charge on any atom is 0.262 e. The molecule has 2 aliphatic heterocycles. The fourth-order valence-corrected chi connectivity index (χ4v) is 4.61. The van der Waals surface area contributed by atoms with Crippen molar-refractivity contribution in [2.75, 3.05) is 31.1 Å². The zero-order chi connectivity index (χ0) is 17.9. The number of benzene rings is 2. The summed E-state index contributed by atoms with van der Waals surface area (Å²) in [6.07, 6.45) is 0.751. The van der Waals surface area contributed by atoms with Crippen molar-refractivity contribution >= 4 is 28.5 Å². The highest BCUT2D eigenvalue weighted by molar-refractivity contribution is 8.15. The van der Waals surface area contributed by atoms with Crippen molar-refractivity contribution in [1.29, 1.82) is 0 Å². The SMILES string of the molecule is Cc1cccc(N2CCN(C3=NC(=O)[C@@H](Cc4ccccc4)S3)CC2)c1. The lowest BCUT2D eigenvalue weighted by Gasteiger charge is -2.37. The topological polar surface area (TPSA) is 35.9 Å². The first-order chi connectivity index (χ1) is 12.7. The zero-order valence-electron chi connectivity index (χ0n) is 15.0. The summed E-state index contributed by atoms with van der Waals surface area (Å²) < 4.78 is 0. The molecule has 4 rings (SSSR count). The van der Waals surface area contributed by atoms with Gasteiger partial charge >= 0.3 is 0 Å². The third-order valence-corrected chi connectivity index (χ3v) is 6.12. The molecule has 1 fully saturated rings. The van der Waals surface area contributed by atoms with Crippen LogP contribution in [0, 0.1) is 6.92 Å². The number of carbonyl (C=O) groups is 1. The van der Waals surface area contributed by atoms with Gasteiger partial charge in [-0.2, -0.15) is 4.99 Å². The molecule has 5 heteroatoms. The number of amides is 1. The van der Waals surface area contributed by atoms with Crippen molar-refractivity contribution in [1.82, 2.24) is 4.90 Å². The van der Waals surface area contributed by atoms with Crippen LogP contribution in [0.25, 0.3) is 0 Å². The Morgan fingerprint density at radius 3 is 2.46 bits per heavy atom. The average Bonchev–Trinajstić information content (AvgIpc) is 3.03. The fourth-order valence-electron chi connectivity index (χ4n) is 3.45. The molecule has 0 aromatic heterocycles. The summed E-state index contributed by atoms with van der Waals surface area (Å²) in [5, 5.41) is 0.821. The summed E-state index contributed by atoms with van der Waals surface area (Å²) >= 11 is 1.63. The standard InChI is InChI=1S/C21H23N3OS/c1-16-6-5-9-18(14-16)23-10-12-24(13-11-23)21-22-20(25)19(26-21)15-17-7-3-2-4-8-17/h2-9,14,19H,10-13,15H2,1H3/t19-/m1/s1. The van der Waals surface area contributed by atoms with E-state index in [-0.39, 0.29) is 11.2 Å². The average molecular weight is 366 g/mol. The van der Waals surface area contributed by atoms with E-state index in [0.717, 1.165) is 37.8 Å². The summed E-state index contributed by atoms with van der Waals surface area (Å²) in [6, 6.07) is 18.8. The number of piperazine rings is 1. The van der Waals surface area contributed by atoms with Crippen LogP contribution in [0.4, 0.5) is 5.69 Å². The van der Waals surface area contributed by atoms with Crippen molar-refractivity contribution in [2.24, 2.45) is 4.99 Å². The Morgan fingerprint density at radius 2 is 1.73 bits per heavy atom. The van der Waals surface area contributed by atoms with Crippen molar-refractivity contribution in [3.05, 3.63) is 65.7 Å². The predicted molar refractivity (Wildman–Crippen MR) is 109 cm³/mol. The molecule has 0 saturated carbocycles. The predicted octanol–water partition coefficient (Wildman–Crippen LogP) is 3.36. The molecule has 2 aromatic carbocycles. The number of hydrogen-bond donors (Lipinski definition) is 0. The Balaban J connectivity index is 1.35. The summed E-state index contributed by atoms with van der Waals surface area (Å²) in [4.78, 5) is 21.3. The van der Waals surface area contributed by atoms with E-state index in [2.05, 4.69) is 58.1 Å². The number of hydrogen-bond acceptors (Lipinski definition) is 4. The minimum atomic E-state index is -0.0813. The Morgan fingerprint density at radius 1 is 1.00 bits per heavy atom. The van der Waals surface area contributed by atoms with Crippen LogP contribution in [0.2, 0.25) is 0 Å². The molecule has 2 heterocycles. The highest BCUT2D eigenvalue weighted by Crippen LogP contribution is 2.29. The van der Waals surface area contributed by atoms with E-state index < -0.39 is 0 Å². The number of thioether (sulfide) groups is 1. The molecule has 0 unspecified atom stereocenters. The molecular weight excluding hydrogens is 342 g/mol. The van der Waals surface area contributed by atoms with E-state index in [1.54, 1.807) is 11.8 Å². The van der Waals surface area contributed by atoms with Crippen molar-refractivity contribution < 1.29 is 4.79 Å². The van der Waals surface area contributed by atoms with Gasteiger partial charge in [0.2, 0.25) is 0 Å². The van der Waals surface area contributed by atoms with Gasteiger partial charge in [-0.05, 0) is 36.6 Å². The fraction of sp³-hybridized carbons (Fsp3) is 0.333. The summed E-state index contributed by atoms with van der Waals surface area (Å²) in [7, 11) is 0. The van der Waals surface area contributed by atoms with Crippen molar-refractivity contribution in [3.63, 3.8) is 0 Å². The van der Waals surface area contributed by atoms with Crippen LogP contribution in [-0.2, 0) is 11.2 Å². The van der Waals surface area contributed by atoms with Gasteiger partial charge < -0.3 is 9.80 Å². The summed E-state index contributed by atoms with van der Waals surface area (Å²) in [5.41, 5.74) is 3.76. The molecule has 1 saturated heterocycles. The van der Waals surface area contributed by atoms with Gasteiger partial charge in [-0.3, -0.25) is 4.79 Å². The van der Waals surface area contributed by atoms with Gasteiger partial charge in [0.05, 0.1) is 5.25 Å². The largest absolute Gasteiger partial charge is 0.368 e. The van der Waals surface area contributed by atoms with Crippen LogP contribution in [0.1, 0.15) is 11.1 Å². The van der Waals surface area contributed by atoms with E-state index in [4.69, 9.17) is 0 Å². The lowest BCUT2D eigenvalue weighted by atomic mass is 10.1. The molecule has 0 spiro atoms. The van der Waals surface area contributed by atoms with Crippen LogP contribution in [0.3, 0.4) is 0 Å². The van der Waals surface area contributed by atoms with Crippen LogP contribution in [0.15, 0.2) is 59.6 Å². The van der Waals surface area contributed by atoms with Crippen molar-refractivity contribution in [2.45, 2.75) is 18.6 Å². The van der Waals surface area contributed by atoms with E-state index in [9.17, 15) is 4.79 Å². The Hall–Kier alpha value is -2.27. The van der Waals surface area contributed by atoms with Gasteiger partial charge in [-0.15, -0.1) is 0 Å². The third-order valence-electron chi connectivity index (χ3n) is 4.91. The number of anilines is 1. The Kier molecular flexibility index (Phi) is 4.98. The number of nitrogens with zero attached hydrogens (tertiary/aromatic N) is 3. The second-order valence-electron chi connectivity index (χ2n) is 6.84. The van der Waals surface area contributed by atoms with Crippen LogP contribution >= 0.6 is 11.8 Å². The molecule has 1 amide bonds. The van der Waals surface area contributed by atoms with Gasteiger partial charge in [0.25, 0.3) is 5.91 Å². The van der Waals surface area contributed by atoms with Gasteiger partial charge in [-0.1, -0.05) is 54.2 Å². The normalized spacial score (nSPS) is 20.4. The van der Waals surface area contributed by atoms with Gasteiger partial charge in [0.15, 0.2) is 5.17 Å². The first-order valence-corrected chi connectivity index (χ1v) is 9.97. The lowest BCUT2D eigenvalue weighted by molar-refractivity contribution is -0.117.